The quantitative estimate of drug-likeness (QED) is 0.874. The molecular formula is C17H29N3O. The molecule has 0 saturated carbocycles. The number of aromatic nitrogens is 1. The van der Waals surface area contributed by atoms with Gasteiger partial charge in [0.1, 0.15) is 0 Å². The number of aryl methyl sites for hydroxylation is 1. The molecule has 0 aliphatic carbocycles. The van der Waals surface area contributed by atoms with Crippen molar-refractivity contribution in [2.75, 3.05) is 25.1 Å². The van der Waals surface area contributed by atoms with E-state index in [2.05, 4.69) is 42.2 Å². The SMILES string of the molecule is Cc1cc(N(C)CC2CCCCO2)c(CNC(C)C)cn1. The number of pyridine rings is 1. The second-order valence-corrected chi connectivity index (χ2v) is 6.36. The number of ether oxygens (including phenoxy) is 1. The van der Waals surface area contributed by atoms with Crippen molar-refractivity contribution in [3.63, 3.8) is 0 Å². The molecule has 118 valence electrons. The lowest BCUT2D eigenvalue weighted by Crippen LogP contribution is -2.34. The van der Waals surface area contributed by atoms with Crippen molar-refractivity contribution in [1.82, 2.24) is 10.3 Å². The minimum absolute atomic E-state index is 0.364. The van der Waals surface area contributed by atoms with Crippen LogP contribution < -0.4 is 10.2 Å². The summed E-state index contributed by atoms with van der Waals surface area (Å²) in [6.07, 6.45) is 6.03. The number of likely N-dealkylation sites (N-methyl/N-ethyl adjacent to an activating group) is 1. The van der Waals surface area contributed by atoms with Crippen LogP contribution in [-0.4, -0.2) is 37.3 Å². The van der Waals surface area contributed by atoms with Gasteiger partial charge in [0.05, 0.1) is 6.10 Å². The molecule has 0 spiro atoms. The Kier molecular flexibility index (Phi) is 6.00. The highest BCUT2D eigenvalue weighted by Crippen LogP contribution is 2.22. The van der Waals surface area contributed by atoms with Gasteiger partial charge in [-0.2, -0.15) is 0 Å². The van der Waals surface area contributed by atoms with Crippen LogP contribution in [0.5, 0.6) is 0 Å². The van der Waals surface area contributed by atoms with Crippen LogP contribution in [-0.2, 0) is 11.3 Å². The van der Waals surface area contributed by atoms with Crippen molar-refractivity contribution >= 4 is 5.69 Å². The second kappa shape index (κ2) is 7.76. The third kappa shape index (κ3) is 4.97. The normalized spacial score (nSPS) is 19.0. The molecule has 1 fully saturated rings. The third-order valence-electron chi connectivity index (χ3n) is 3.96. The van der Waals surface area contributed by atoms with Crippen molar-refractivity contribution in [2.24, 2.45) is 0 Å². The molecule has 1 aliphatic rings. The van der Waals surface area contributed by atoms with Gasteiger partial charge >= 0.3 is 0 Å². The smallest absolute Gasteiger partial charge is 0.0749 e. The zero-order valence-corrected chi connectivity index (χ0v) is 13.9. The first-order valence-corrected chi connectivity index (χ1v) is 8.08. The summed E-state index contributed by atoms with van der Waals surface area (Å²) in [6.45, 7) is 9.11. The fourth-order valence-corrected chi connectivity index (χ4v) is 2.73. The van der Waals surface area contributed by atoms with Gasteiger partial charge in [-0.3, -0.25) is 4.98 Å². The molecule has 0 amide bonds. The predicted octanol–water partition coefficient (Wildman–Crippen LogP) is 2.89. The highest BCUT2D eigenvalue weighted by molar-refractivity contribution is 5.53. The van der Waals surface area contributed by atoms with Gasteiger partial charge < -0.3 is 15.0 Å². The zero-order chi connectivity index (χ0) is 15.2. The zero-order valence-electron chi connectivity index (χ0n) is 13.9. The molecule has 1 aliphatic heterocycles. The van der Waals surface area contributed by atoms with E-state index < -0.39 is 0 Å². The van der Waals surface area contributed by atoms with Gasteiger partial charge in [0.15, 0.2) is 0 Å². The van der Waals surface area contributed by atoms with Gasteiger partial charge in [-0.1, -0.05) is 13.8 Å². The first-order chi connectivity index (χ1) is 10.1. The molecule has 0 aromatic carbocycles. The van der Waals surface area contributed by atoms with Crippen LogP contribution in [0.25, 0.3) is 0 Å². The number of anilines is 1. The monoisotopic (exact) mass is 291 g/mol. The minimum atomic E-state index is 0.364. The van der Waals surface area contributed by atoms with E-state index in [1.54, 1.807) is 0 Å². The fourth-order valence-electron chi connectivity index (χ4n) is 2.73. The average molecular weight is 291 g/mol. The highest BCUT2D eigenvalue weighted by Gasteiger charge is 2.18. The molecule has 4 heteroatoms. The van der Waals surface area contributed by atoms with Crippen molar-refractivity contribution in [1.29, 1.82) is 0 Å². The van der Waals surface area contributed by atoms with Crippen LogP contribution >= 0.6 is 0 Å². The van der Waals surface area contributed by atoms with E-state index in [4.69, 9.17) is 4.74 Å². The lowest BCUT2D eigenvalue weighted by Gasteiger charge is -2.30. The lowest BCUT2D eigenvalue weighted by molar-refractivity contribution is 0.0216. The molecule has 0 radical (unpaired) electrons. The summed E-state index contributed by atoms with van der Waals surface area (Å²) in [5, 5.41) is 3.48. The Morgan fingerprint density at radius 3 is 2.90 bits per heavy atom. The van der Waals surface area contributed by atoms with Crippen LogP contribution in [0.4, 0.5) is 5.69 Å². The number of hydrogen-bond donors (Lipinski definition) is 1. The summed E-state index contributed by atoms with van der Waals surface area (Å²) in [6, 6.07) is 2.66. The van der Waals surface area contributed by atoms with Crippen molar-refractivity contribution in [2.45, 2.75) is 58.7 Å². The maximum atomic E-state index is 5.87. The number of rotatable bonds is 6. The first kappa shape index (κ1) is 16.2. The molecule has 2 rings (SSSR count). The van der Waals surface area contributed by atoms with E-state index in [1.165, 1.54) is 30.5 Å². The van der Waals surface area contributed by atoms with Crippen LogP contribution in [0.15, 0.2) is 12.3 Å². The van der Waals surface area contributed by atoms with Crippen LogP contribution in [0.2, 0.25) is 0 Å². The summed E-state index contributed by atoms with van der Waals surface area (Å²) in [5.74, 6) is 0. The summed E-state index contributed by atoms with van der Waals surface area (Å²) >= 11 is 0. The lowest BCUT2D eigenvalue weighted by atomic mass is 10.1. The number of nitrogens with one attached hydrogen (secondary N) is 1. The highest BCUT2D eigenvalue weighted by atomic mass is 16.5. The maximum absolute atomic E-state index is 5.87. The fraction of sp³-hybridized carbons (Fsp3) is 0.706. The molecule has 1 N–H and O–H groups in total. The van der Waals surface area contributed by atoms with E-state index in [0.29, 0.717) is 12.1 Å². The summed E-state index contributed by atoms with van der Waals surface area (Å²) in [4.78, 5) is 6.77. The molecule has 1 atom stereocenters. The maximum Gasteiger partial charge on any atom is 0.0749 e. The Bertz CT molecular complexity index is 442. The average Bonchev–Trinajstić information content (AvgIpc) is 2.46. The van der Waals surface area contributed by atoms with Crippen LogP contribution in [0, 0.1) is 6.92 Å². The molecule has 1 aromatic rings. The topological polar surface area (TPSA) is 37.4 Å². The molecule has 21 heavy (non-hydrogen) atoms. The van der Waals surface area contributed by atoms with Gasteiger partial charge in [0, 0.05) is 55.9 Å². The summed E-state index contributed by atoms with van der Waals surface area (Å²) in [7, 11) is 2.16. The van der Waals surface area contributed by atoms with E-state index in [9.17, 15) is 0 Å². The van der Waals surface area contributed by atoms with Crippen molar-refractivity contribution < 1.29 is 4.74 Å². The van der Waals surface area contributed by atoms with Crippen molar-refractivity contribution in [3.05, 3.63) is 23.5 Å². The number of nitrogens with zero attached hydrogens (tertiary/aromatic N) is 2. The van der Waals surface area contributed by atoms with Gasteiger partial charge in [-0.15, -0.1) is 0 Å². The largest absolute Gasteiger partial charge is 0.376 e. The van der Waals surface area contributed by atoms with Gasteiger partial charge in [0.2, 0.25) is 0 Å². The molecule has 2 heterocycles. The Morgan fingerprint density at radius 2 is 2.24 bits per heavy atom. The Labute approximate surface area is 128 Å². The van der Waals surface area contributed by atoms with Crippen molar-refractivity contribution in [3.8, 4) is 0 Å². The molecule has 0 bridgehead atoms. The number of hydrogen-bond acceptors (Lipinski definition) is 4. The molecule has 1 saturated heterocycles. The van der Waals surface area contributed by atoms with Gasteiger partial charge in [-0.25, -0.2) is 0 Å². The van der Waals surface area contributed by atoms with Gasteiger partial charge in [-0.05, 0) is 32.3 Å². The van der Waals surface area contributed by atoms with Crippen LogP contribution in [0.3, 0.4) is 0 Å². The second-order valence-electron chi connectivity index (χ2n) is 6.36. The third-order valence-corrected chi connectivity index (χ3v) is 3.96. The van der Waals surface area contributed by atoms with Gasteiger partial charge in [0.25, 0.3) is 0 Å². The van der Waals surface area contributed by atoms with E-state index >= 15 is 0 Å². The first-order valence-electron chi connectivity index (χ1n) is 8.08. The predicted molar refractivity (Wildman–Crippen MR) is 87.8 cm³/mol. The van der Waals surface area contributed by atoms with Crippen LogP contribution in [0.1, 0.15) is 44.4 Å². The standard InChI is InChI=1S/C17H29N3O/c1-13(2)18-10-15-11-19-14(3)9-17(15)20(4)12-16-7-5-6-8-21-16/h9,11,13,16,18H,5-8,10,12H2,1-4H3. The Hall–Kier alpha value is -1.13. The van der Waals surface area contributed by atoms with E-state index in [0.717, 1.165) is 25.4 Å². The van der Waals surface area contributed by atoms with E-state index in [1.807, 2.05) is 13.1 Å². The minimum Gasteiger partial charge on any atom is -0.376 e. The molecule has 4 nitrogen and oxygen atoms in total. The summed E-state index contributed by atoms with van der Waals surface area (Å²) < 4.78 is 5.87. The van der Waals surface area contributed by atoms with E-state index in [-0.39, 0.29) is 0 Å². The molecular weight excluding hydrogens is 262 g/mol. The summed E-state index contributed by atoms with van der Waals surface area (Å²) in [5.41, 5.74) is 3.59. The molecule has 1 aromatic heterocycles. The molecule has 1 unspecified atom stereocenters. The Morgan fingerprint density at radius 1 is 1.43 bits per heavy atom. The Balaban J connectivity index is 2.06.